The molecule has 0 saturated heterocycles. The van der Waals surface area contributed by atoms with Crippen LogP contribution >= 0.6 is 11.6 Å². The van der Waals surface area contributed by atoms with Crippen LogP contribution in [0, 0.1) is 0 Å². The fraction of sp³-hybridized carbons (Fsp3) is 0.0769. The Balaban J connectivity index is 2.14. The molecule has 2 rings (SSSR count). The SMILES string of the molecule is O=C(Cc1cccc(Cl)n1)c1ccccc1. The maximum Gasteiger partial charge on any atom is 0.168 e. The van der Waals surface area contributed by atoms with Gasteiger partial charge in [-0.25, -0.2) is 4.98 Å². The Morgan fingerprint density at radius 3 is 2.50 bits per heavy atom. The monoisotopic (exact) mass is 231 g/mol. The Kier molecular flexibility index (Phi) is 3.32. The first-order chi connectivity index (χ1) is 7.75. The van der Waals surface area contributed by atoms with Crippen LogP contribution in [0.1, 0.15) is 16.1 Å². The number of ketones is 1. The predicted molar refractivity (Wildman–Crippen MR) is 63.7 cm³/mol. The van der Waals surface area contributed by atoms with Gasteiger partial charge in [-0.05, 0) is 12.1 Å². The Morgan fingerprint density at radius 2 is 1.81 bits per heavy atom. The number of pyridine rings is 1. The van der Waals surface area contributed by atoms with E-state index < -0.39 is 0 Å². The third-order valence-corrected chi connectivity index (χ3v) is 2.42. The van der Waals surface area contributed by atoms with E-state index in [1.165, 1.54) is 0 Å². The minimum absolute atomic E-state index is 0.0513. The van der Waals surface area contributed by atoms with Gasteiger partial charge in [0.1, 0.15) is 5.15 Å². The lowest BCUT2D eigenvalue weighted by Gasteiger charge is -2.00. The second-order valence-electron chi connectivity index (χ2n) is 3.42. The van der Waals surface area contributed by atoms with Gasteiger partial charge in [0.15, 0.2) is 5.78 Å². The van der Waals surface area contributed by atoms with Crippen LogP contribution in [0.25, 0.3) is 0 Å². The average Bonchev–Trinajstić information content (AvgIpc) is 2.30. The molecule has 0 atom stereocenters. The molecule has 0 spiro atoms. The minimum Gasteiger partial charge on any atom is -0.294 e. The quantitative estimate of drug-likeness (QED) is 0.600. The molecular weight excluding hydrogens is 222 g/mol. The maximum absolute atomic E-state index is 11.8. The molecule has 0 aliphatic rings. The number of carbonyl (C=O) groups is 1. The van der Waals surface area contributed by atoms with Crippen LogP contribution in [0.2, 0.25) is 5.15 Å². The topological polar surface area (TPSA) is 30.0 Å². The number of halogens is 1. The van der Waals surface area contributed by atoms with Crippen molar-refractivity contribution in [2.75, 3.05) is 0 Å². The number of hydrogen-bond donors (Lipinski definition) is 0. The zero-order valence-electron chi connectivity index (χ0n) is 8.56. The lowest BCUT2D eigenvalue weighted by Crippen LogP contribution is -2.04. The highest BCUT2D eigenvalue weighted by Gasteiger charge is 2.07. The first kappa shape index (κ1) is 10.8. The standard InChI is InChI=1S/C13H10ClNO/c14-13-8-4-7-11(15-13)9-12(16)10-5-2-1-3-6-10/h1-8H,9H2. The highest BCUT2D eigenvalue weighted by Crippen LogP contribution is 2.09. The summed E-state index contributed by atoms with van der Waals surface area (Å²) in [7, 11) is 0. The van der Waals surface area contributed by atoms with E-state index >= 15 is 0 Å². The van der Waals surface area contributed by atoms with E-state index in [2.05, 4.69) is 4.98 Å². The molecule has 2 aromatic rings. The molecule has 0 amide bonds. The molecule has 0 aliphatic heterocycles. The fourth-order valence-electron chi connectivity index (χ4n) is 1.44. The summed E-state index contributed by atoms with van der Waals surface area (Å²) in [6, 6.07) is 14.5. The van der Waals surface area contributed by atoms with Crippen molar-refractivity contribution in [2.24, 2.45) is 0 Å². The van der Waals surface area contributed by atoms with Crippen molar-refractivity contribution in [3.63, 3.8) is 0 Å². The highest BCUT2D eigenvalue weighted by atomic mass is 35.5. The molecule has 0 unspecified atom stereocenters. The molecule has 0 radical (unpaired) electrons. The lowest BCUT2D eigenvalue weighted by molar-refractivity contribution is 0.0992. The number of rotatable bonds is 3. The van der Waals surface area contributed by atoms with Gasteiger partial charge in [-0.1, -0.05) is 48.0 Å². The van der Waals surface area contributed by atoms with Gasteiger partial charge in [0.2, 0.25) is 0 Å². The molecule has 0 bridgehead atoms. The second-order valence-corrected chi connectivity index (χ2v) is 3.80. The molecular formula is C13H10ClNO. The van der Waals surface area contributed by atoms with E-state index in [1.54, 1.807) is 30.3 Å². The smallest absolute Gasteiger partial charge is 0.168 e. The van der Waals surface area contributed by atoms with Crippen LogP contribution in [0.5, 0.6) is 0 Å². The molecule has 0 N–H and O–H groups in total. The molecule has 0 fully saturated rings. The molecule has 80 valence electrons. The zero-order valence-corrected chi connectivity index (χ0v) is 9.32. The largest absolute Gasteiger partial charge is 0.294 e. The summed E-state index contributed by atoms with van der Waals surface area (Å²) in [5, 5.41) is 0.415. The van der Waals surface area contributed by atoms with Gasteiger partial charge >= 0.3 is 0 Å². The highest BCUT2D eigenvalue weighted by molar-refractivity contribution is 6.29. The number of aromatic nitrogens is 1. The summed E-state index contributed by atoms with van der Waals surface area (Å²) < 4.78 is 0. The molecule has 1 aromatic carbocycles. The van der Waals surface area contributed by atoms with E-state index in [4.69, 9.17) is 11.6 Å². The number of nitrogens with zero attached hydrogens (tertiary/aromatic N) is 1. The average molecular weight is 232 g/mol. The molecule has 16 heavy (non-hydrogen) atoms. The maximum atomic E-state index is 11.8. The van der Waals surface area contributed by atoms with E-state index in [0.29, 0.717) is 16.4 Å². The molecule has 1 aromatic heterocycles. The first-order valence-corrected chi connectivity index (χ1v) is 5.33. The molecule has 0 saturated carbocycles. The third kappa shape index (κ3) is 2.67. The van der Waals surface area contributed by atoms with E-state index in [9.17, 15) is 4.79 Å². The van der Waals surface area contributed by atoms with Crippen LogP contribution in [0.4, 0.5) is 0 Å². The van der Waals surface area contributed by atoms with E-state index in [-0.39, 0.29) is 12.2 Å². The van der Waals surface area contributed by atoms with Gasteiger partial charge in [0.05, 0.1) is 6.42 Å². The van der Waals surface area contributed by atoms with Gasteiger partial charge < -0.3 is 0 Å². The van der Waals surface area contributed by atoms with Crippen LogP contribution < -0.4 is 0 Å². The Hall–Kier alpha value is -1.67. The van der Waals surface area contributed by atoms with Crippen molar-refractivity contribution < 1.29 is 4.79 Å². The van der Waals surface area contributed by atoms with Crippen molar-refractivity contribution in [3.8, 4) is 0 Å². The summed E-state index contributed by atoms with van der Waals surface area (Å²) in [5.41, 5.74) is 1.39. The van der Waals surface area contributed by atoms with Crippen molar-refractivity contribution in [3.05, 3.63) is 64.9 Å². The van der Waals surface area contributed by atoms with Gasteiger partial charge in [-0.15, -0.1) is 0 Å². The van der Waals surface area contributed by atoms with Gasteiger partial charge in [-0.3, -0.25) is 4.79 Å². The van der Waals surface area contributed by atoms with Crippen LogP contribution in [-0.2, 0) is 6.42 Å². The zero-order chi connectivity index (χ0) is 11.4. The predicted octanol–water partition coefficient (Wildman–Crippen LogP) is 3.16. The molecule has 3 heteroatoms. The van der Waals surface area contributed by atoms with Crippen LogP contribution in [0.3, 0.4) is 0 Å². The summed E-state index contributed by atoms with van der Waals surface area (Å²) in [5.74, 6) is 0.0513. The van der Waals surface area contributed by atoms with Crippen molar-refractivity contribution in [1.29, 1.82) is 0 Å². The summed E-state index contributed by atoms with van der Waals surface area (Å²) in [6.45, 7) is 0. The summed E-state index contributed by atoms with van der Waals surface area (Å²) in [4.78, 5) is 15.9. The number of carbonyl (C=O) groups excluding carboxylic acids is 1. The van der Waals surface area contributed by atoms with Gasteiger partial charge in [-0.2, -0.15) is 0 Å². The van der Waals surface area contributed by atoms with Gasteiger partial charge in [0, 0.05) is 11.3 Å². The summed E-state index contributed by atoms with van der Waals surface area (Å²) in [6.07, 6.45) is 0.282. The molecule has 1 heterocycles. The van der Waals surface area contributed by atoms with E-state index in [1.807, 2.05) is 18.2 Å². The lowest BCUT2D eigenvalue weighted by atomic mass is 10.1. The number of benzene rings is 1. The van der Waals surface area contributed by atoms with Crippen molar-refractivity contribution >= 4 is 17.4 Å². The van der Waals surface area contributed by atoms with E-state index in [0.717, 1.165) is 0 Å². The fourth-order valence-corrected chi connectivity index (χ4v) is 1.62. The molecule has 0 aliphatic carbocycles. The minimum atomic E-state index is 0.0513. The Labute approximate surface area is 98.9 Å². The molecule has 2 nitrogen and oxygen atoms in total. The second kappa shape index (κ2) is 4.90. The normalized spacial score (nSPS) is 10.1. The van der Waals surface area contributed by atoms with Crippen molar-refractivity contribution in [2.45, 2.75) is 6.42 Å². The van der Waals surface area contributed by atoms with Crippen molar-refractivity contribution in [1.82, 2.24) is 4.98 Å². The number of hydrogen-bond acceptors (Lipinski definition) is 2. The third-order valence-electron chi connectivity index (χ3n) is 2.21. The van der Waals surface area contributed by atoms with Crippen LogP contribution in [0.15, 0.2) is 48.5 Å². The van der Waals surface area contributed by atoms with Crippen LogP contribution in [-0.4, -0.2) is 10.8 Å². The van der Waals surface area contributed by atoms with Gasteiger partial charge in [0.25, 0.3) is 0 Å². The first-order valence-electron chi connectivity index (χ1n) is 4.95. The summed E-state index contributed by atoms with van der Waals surface area (Å²) >= 11 is 5.75. The Bertz CT molecular complexity index is 496. The number of Topliss-reactive ketones (excluding diaryl/α,β-unsaturated/α-hetero) is 1. The Morgan fingerprint density at radius 1 is 1.06 bits per heavy atom.